The Morgan fingerprint density at radius 2 is 2.35 bits per heavy atom. The molecule has 1 amide bonds. The predicted octanol–water partition coefficient (Wildman–Crippen LogP) is 1.14. The van der Waals surface area contributed by atoms with E-state index in [4.69, 9.17) is 22.1 Å². The van der Waals surface area contributed by atoms with Crippen molar-refractivity contribution in [3.8, 4) is 5.75 Å². The van der Waals surface area contributed by atoms with Crippen molar-refractivity contribution in [1.82, 2.24) is 5.32 Å². The topological polar surface area (TPSA) is 64.3 Å². The van der Waals surface area contributed by atoms with Crippen molar-refractivity contribution in [2.45, 2.75) is 12.5 Å². The zero-order valence-electron chi connectivity index (χ0n) is 9.11. The van der Waals surface area contributed by atoms with Gasteiger partial charge in [0, 0.05) is 24.5 Å². The summed E-state index contributed by atoms with van der Waals surface area (Å²) in [5.41, 5.74) is 6.28. The summed E-state index contributed by atoms with van der Waals surface area (Å²) in [6.45, 7) is 0.896. The van der Waals surface area contributed by atoms with Crippen molar-refractivity contribution in [3.63, 3.8) is 0 Å². The molecule has 94 valence electrons. The lowest BCUT2D eigenvalue weighted by Crippen LogP contribution is -2.39. The number of benzene rings is 1. The first-order valence-electron chi connectivity index (χ1n) is 5.13. The van der Waals surface area contributed by atoms with Gasteiger partial charge in [0.15, 0.2) is 6.10 Å². The number of halogens is 2. The predicted molar refractivity (Wildman–Crippen MR) is 68.9 cm³/mol. The molecule has 17 heavy (non-hydrogen) atoms. The molecule has 0 aliphatic carbocycles. The number of ether oxygens (including phenoxy) is 1. The molecular formula is C11H14Cl2N2O2. The number of fused-ring (bicyclic) bond motifs is 1. The Hall–Kier alpha value is -0.970. The molecule has 0 aromatic heterocycles. The van der Waals surface area contributed by atoms with Gasteiger partial charge in [0.05, 0.1) is 0 Å². The molecule has 0 fully saturated rings. The number of hydrogen-bond acceptors (Lipinski definition) is 3. The van der Waals surface area contributed by atoms with Crippen LogP contribution >= 0.6 is 24.0 Å². The maximum Gasteiger partial charge on any atom is 0.261 e. The van der Waals surface area contributed by atoms with E-state index in [-0.39, 0.29) is 18.3 Å². The van der Waals surface area contributed by atoms with E-state index in [2.05, 4.69) is 5.32 Å². The van der Waals surface area contributed by atoms with Crippen LogP contribution in [-0.4, -0.2) is 25.1 Å². The molecule has 3 N–H and O–H groups in total. The summed E-state index contributed by atoms with van der Waals surface area (Å²) in [6, 6.07) is 5.36. The Labute approximate surface area is 111 Å². The maximum atomic E-state index is 11.6. The van der Waals surface area contributed by atoms with E-state index in [1.807, 2.05) is 6.07 Å². The Kier molecular flexibility index (Phi) is 5.05. The molecule has 1 unspecified atom stereocenters. The zero-order valence-corrected chi connectivity index (χ0v) is 10.7. The zero-order chi connectivity index (χ0) is 11.5. The van der Waals surface area contributed by atoms with Crippen molar-refractivity contribution in [2.24, 2.45) is 5.73 Å². The molecule has 1 aliphatic rings. The molecule has 1 aromatic carbocycles. The summed E-state index contributed by atoms with van der Waals surface area (Å²) in [7, 11) is 0. The lowest BCUT2D eigenvalue weighted by Gasteiger charge is -2.10. The fourth-order valence-electron chi connectivity index (χ4n) is 1.67. The third-order valence-electron chi connectivity index (χ3n) is 2.43. The second kappa shape index (κ2) is 6.10. The Morgan fingerprint density at radius 1 is 1.59 bits per heavy atom. The average Bonchev–Trinajstić information content (AvgIpc) is 2.68. The highest BCUT2D eigenvalue weighted by Crippen LogP contribution is 2.30. The number of nitrogens with two attached hydrogens (primary N) is 1. The fraction of sp³-hybridized carbons (Fsp3) is 0.364. The van der Waals surface area contributed by atoms with Crippen LogP contribution in [0.15, 0.2) is 18.2 Å². The number of nitrogens with one attached hydrogen (secondary N) is 1. The van der Waals surface area contributed by atoms with E-state index < -0.39 is 6.10 Å². The minimum atomic E-state index is -0.458. The minimum absolute atomic E-state index is 0. The Bertz CT molecular complexity index is 412. The summed E-state index contributed by atoms with van der Waals surface area (Å²) in [5, 5.41) is 3.36. The van der Waals surface area contributed by atoms with Gasteiger partial charge in [-0.3, -0.25) is 4.79 Å². The number of carbonyl (C=O) groups is 1. The Balaban J connectivity index is 0.00000144. The maximum absolute atomic E-state index is 11.6. The normalized spacial score (nSPS) is 16.7. The van der Waals surface area contributed by atoms with Gasteiger partial charge in [-0.25, -0.2) is 0 Å². The molecule has 0 spiro atoms. The molecule has 1 heterocycles. The van der Waals surface area contributed by atoms with E-state index in [0.29, 0.717) is 24.5 Å². The van der Waals surface area contributed by atoms with E-state index in [0.717, 1.165) is 11.3 Å². The van der Waals surface area contributed by atoms with Crippen LogP contribution in [0.5, 0.6) is 5.75 Å². The number of rotatable bonds is 3. The monoisotopic (exact) mass is 276 g/mol. The van der Waals surface area contributed by atoms with Gasteiger partial charge in [0.25, 0.3) is 5.91 Å². The van der Waals surface area contributed by atoms with Crippen LogP contribution in [0.3, 0.4) is 0 Å². The van der Waals surface area contributed by atoms with E-state index >= 15 is 0 Å². The SMILES string of the molecule is Cl.NCCNC(=O)C1Cc2cc(Cl)ccc2O1. The summed E-state index contributed by atoms with van der Waals surface area (Å²) in [5.74, 6) is 0.607. The van der Waals surface area contributed by atoms with Crippen LogP contribution in [0.1, 0.15) is 5.56 Å². The van der Waals surface area contributed by atoms with Gasteiger partial charge in [-0.05, 0) is 23.8 Å². The third kappa shape index (κ3) is 3.25. The molecular weight excluding hydrogens is 263 g/mol. The van der Waals surface area contributed by atoms with Crippen LogP contribution in [0.2, 0.25) is 5.02 Å². The van der Waals surface area contributed by atoms with Gasteiger partial charge >= 0.3 is 0 Å². The average molecular weight is 277 g/mol. The molecule has 0 radical (unpaired) electrons. The number of amides is 1. The third-order valence-corrected chi connectivity index (χ3v) is 2.67. The van der Waals surface area contributed by atoms with Gasteiger partial charge in [-0.1, -0.05) is 11.6 Å². The van der Waals surface area contributed by atoms with Gasteiger partial charge < -0.3 is 15.8 Å². The summed E-state index contributed by atoms with van der Waals surface area (Å²) < 4.78 is 5.51. The molecule has 6 heteroatoms. The Morgan fingerprint density at radius 3 is 3.06 bits per heavy atom. The number of carbonyl (C=O) groups excluding carboxylic acids is 1. The van der Waals surface area contributed by atoms with Crippen LogP contribution in [0.4, 0.5) is 0 Å². The first kappa shape index (κ1) is 14.1. The van der Waals surface area contributed by atoms with Gasteiger partial charge in [-0.15, -0.1) is 12.4 Å². The van der Waals surface area contributed by atoms with Crippen molar-refractivity contribution in [3.05, 3.63) is 28.8 Å². The highest BCUT2D eigenvalue weighted by atomic mass is 35.5. The molecule has 2 rings (SSSR count). The van der Waals surface area contributed by atoms with Crippen LogP contribution in [0.25, 0.3) is 0 Å². The molecule has 1 aliphatic heterocycles. The highest BCUT2D eigenvalue weighted by Gasteiger charge is 2.28. The van der Waals surface area contributed by atoms with E-state index in [1.165, 1.54) is 0 Å². The molecule has 0 saturated heterocycles. The molecule has 1 aromatic rings. The largest absolute Gasteiger partial charge is 0.480 e. The van der Waals surface area contributed by atoms with Crippen molar-refractivity contribution < 1.29 is 9.53 Å². The molecule has 4 nitrogen and oxygen atoms in total. The van der Waals surface area contributed by atoms with Crippen molar-refractivity contribution in [2.75, 3.05) is 13.1 Å². The van der Waals surface area contributed by atoms with Gasteiger partial charge in [0.1, 0.15) is 5.75 Å². The van der Waals surface area contributed by atoms with Crippen LogP contribution < -0.4 is 15.8 Å². The summed E-state index contributed by atoms with van der Waals surface area (Å²) >= 11 is 5.86. The second-order valence-corrected chi connectivity index (χ2v) is 4.08. The van der Waals surface area contributed by atoms with Crippen molar-refractivity contribution in [1.29, 1.82) is 0 Å². The van der Waals surface area contributed by atoms with Gasteiger partial charge in [0.2, 0.25) is 0 Å². The minimum Gasteiger partial charge on any atom is -0.480 e. The molecule has 1 atom stereocenters. The highest BCUT2D eigenvalue weighted by molar-refractivity contribution is 6.30. The quantitative estimate of drug-likeness (QED) is 0.870. The lowest BCUT2D eigenvalue weighted by atomic mass is 10.1. The number of hydrogen-bond donors (Lipinski definition) is 2. The first-order chi connectivity index (χ1) is 7.70. The van der Waals surface area contributed by atoms with E-state index in [1.54, 1.807) is 12.1 Å². The lowest BCUT2D eigenvalue weighted by molar-refractivity contribution is -0.127. The summed E-state index contributed by atoms with van der Waals surface area (Å²) in [6.07, 6.45) is 0.103. The van der Waals surface area contributed by atoms with Crippen LogP contribution in [-0.2, 0) is 11.2 Å². The van der Waals surface area contributed by atoms with Crippen LogP contribution in [0, 0.1) is 0 Å². The first-order valence-corrected chi connectivity index (χ1v) is 5.51. The van der Waals surface area contributed by atoms with Gasteiger partial charge in [-0.2, -0.15) is 0 Å². The second-order valence-electron chi connectivity index (χ2n) is 3.64. The smallest absolute Gasteiger partial charge is 0.261 e. The van der Waals surface area contributed by atoms with E-state index in [9.17, 15) is 4.79 Å². The molecule has 0 bridgehead atoms. The summed E-state index contributed by atoms with van der Waals surface area (Å²) in [4.78, 5) is 11.6. The standard InChI is InChI=1S/C11H13ClN2O2.ClH/c12-8-1-2-9-7(5-8)6-10(16-9)11(15)14-4-3-13;/h1-2,5,10H,3-4,6,13H2,(H,14,15);1H. The molecule has 0 saturated carbocycles. The fourth-order valence-corrected chi connectivity index (χ4v) is 1.87. The van der Waals surface area contributed by atoms with Crippen molar-refractivity contribution >= 4 is 29.9 Å².